The van der Waals surface area contributed by atoms with Crippen LogP contribution in [-0.4, -0.2) is 24.6 Å². The highest BCUT2D eigenvalue weighted by Gasteiger charge is 2.30. The van der Waals surface area contributed by atoms with E-state index in [0.29, 0.717) is 0 Å². The molecule has 0 atom stereocenters. The van der Waals surface area contributed by atoms with Crippen molar-refractivity contribution in [2.45, 2.75) is 13.1 Å². The van der Waals surface area contributed by atoms with Crippen molar-refractivity contribution in [3.8, 4) is 0 Å². The third kappa shape index (κ3) is 11.5. The molecule has 2 nitrogen and oxygen atoms in total. The molecule has 0 aliphatic carbocycles. The van der Waals surface area contributed by atoms with Gasteiger partial charge in [-0.15, -0.1) is 0 Å². The molecule has 6 heteroatoms. The molecule has 0 amide bonds. The molecule has 0 N–H and O–H groups in total. The molecule has 0 fully saturated rings. The Morgan fingerprint density at radius 3 is 1.85 bits per heavy atom. The van der Waals surface area contributed by atoms with Gasteiger partial charge in [0.1, 0.15) is 0 Å². The quantitative estimate of drug-likeness (QED) is 0.413. The van der Waals surface area contributed by atoms with E-state index < -0.39 is 11.7 Å². The summed E-state index contributed by atoms with van der Waals surface area (Å²) >= 11 is 2.63. The predicted octanol–water partition coefficient (Wildman–Crippen LogP) is 2.68. The third-order valence-electron chi connectivity index (χ3n) is 0.850. The van der Waals surface area contributed by atoms with E-state index in [1.54, 1.807) is 0 Å². The average Bonchev–Trinajstić information content (AvgIpc) is 2.02. The molecule has 0 saturated heterocycles. The predicted molar refractivity (Wildman–Crippen MR) is 46.7 cm³/mol. The van der Waals surface area contributed by atoms with E-state index in [1.807, 2.05) is 0 Å². The summed E-state index contributed by atoms with van der Waals surface area (Å²) in [5, 5.41) is -0.212. The standard InChI is InChI=1S/C4H4BrF3.C3H6O2/c1-3(2-5)4(6,7)8;1-3(4)5-2/h1-2H2;1-2H3. The zero-order valence-corrected chi connectivity index (χ0v) is 8.83. The fourth-order valence-corrected chi connectivity index (χ4v) is 0.394. The van der Waals surface area contributed by atoms with E-state index in [-0.39, 0.29) is 11.3 Å². The number of ether oxygens (including phenoxy) is 1. The lowest BCUT2D eigenvalue weighted by molar-refractivity contribution is -0.137. The first-order chi connectivity index (χ1) is 5.75. The van der Waals surface area contributed by atoms with Crippen molar-refractivity contribution in [3.63, 3.8) is 0 Å². The fourth-order valence-electron chi connectivity index (χ4n) is 0.0758. The number of carbonyl (C=O) groups is 1. The van der Waals surface area contributed by atoms with E-state index in [9.17, 15) is 18.0 Å². The SMILES string of the molecule is C=C(CBr)C(F)(F)F.COC(C)=O. The van der Waals surface area contributed by atoms with Crippen LogP contribution in [0.1, 0.15) is 6.92 Å². The number of methoxy groups -OCH3 is 1. The summed E-state index contributed by atoms with van der Waals surface area (Å²) in [6.45, 7) is 4.13. The van der Waals surface area contributed by atoms with Crippen molar-refractivity contribution < 1.29 is 22.7 Å². The number of carbonyl (C=O) groups excluding carboxylic acids is 1. The molecule has 0 aliphatic rings. The van der Waals surface area contributed by atoms with Gasteiger partial charge in [-0.2, -0.15) is 13.2 Å². The average molecular weight is 263 g/mol. The maximum atomic E-state index is 11.3. The molecular formula is C7H10BrF3O2. The van der Waals surface area contributed by atoms with Crippen LogP contribution in [-0.2, 0) is 9.53 Å². The Labute approximate surface area is 82.9 Å². The van der Waals surface area contributed by atoms with Crippen LogP contribution in [0, 0.1) is 0 Å². The second kappa shape index (κ2) is 6.94. The Morgan fingerprint density at radius 2 is 1.85 bits per heavy atom. The Bertz CT molecular complexity index is 177. The highest BCUT2D eigenvalue weighted by atomic mass is 79.9. The first-order valence-electron chi connectivity index (χ1n) is 3.11. The Hall–Kier alpha value is -0.520. The van der Waals surface area contributed by atoms with Gasteiger partial charge in [-0.1, -0.05) is 22.5 Å². The van der Waals surface area contributed by atoms with Crippen LogP contribution in [0.15, 0.2) is 12.2 Å². The van der Waals surface area contributed by atoms with Crippen molar-refractivity contribution in [1.82, 2.24) is 0 Å². The van der Waals surface area contributed by atoms with E-state index in [0.717, 1.165) is 0 Å². The van der Waals surface area contributed by atoms with Crippen molar-refractivity contribution in [2.75, 3.05) is 12.4 Å². The lowest BCUT2D eigenvalue weighted by Gasteiger charge is -2.04. The maximum absolute atomic E-state index is 11.3. The van der Waals surface area contributed by atoms with Gasteiger partial charge in [0, 0.05) is 17.8 Å². The molecule has 0 aromatic heterocycles. The van der Waals surface area contributed by atoms with Crippen molar-refractivity contribution in [1.29, 1.82) is 0 Å². The molecule has 0 unspecified atom stereocenters. The number of allylic oxidation sites excluding steroid dienone is 1. The van der Waals surface area contributed by atoms with E-state index in [2.05, 4.69) is 27.2 Å². The fraction of sp³-hybridized carbons (Fsp3) is 0.571. The summed E-state index contributed by atoms with van der Waals surface area (Å²) in [4.78, 5) is 9.59. The molecule has 0 saturated carbocycles. The highest BCUT2D eigenvalue weighted by Crippen LogP contribution is 2.24. The second-order valence-electron chi connectivity index (χ2n) is 1.93. The molecule has 0 radical (unpaired) electrons. The zero-order chi connectivity index (χ0) is 11.1. The Balaban J connectivity index is 0. The van der Waals surface area contributed by atoms with Gasteiger partial charge in [-0.25, -0.2) is 0 Å². The van der Waals surface area contributed by atoms with Crippen LogP contribution in [0.4, 0.5) is 13.2 Å². The lowest BCUT2D eigenvalue weighted by atomic mass is 10.3. The molecule has 0 aromatic rings. The smallest absolute Gasteiger partial charge is 0.412 e. The molecule has 0 spiro atoms. The van der Waals surface area contributed by atoms with Crippen LogP contribution >= 0.6 is 15.9 Å². The second-order valence-corrected chi connectivity index (χ2v) is 2.49. The van der Waals surface area contributed by atoms with Gasteiger partial charge in [-0.05, 0) is 0 Å². The van der Waals surface area contributed by atoms with E-state index in [4.69, 9.17) is 0 Å². The largest absolute Gasteiger partial charge is 0.469 e. The van der Waals surface area contributed by atoms with Gasteiger partial charge in [0.15, 0.2) is 0 Å². The minimum atomic E-state index is -4.23. The first kappa shape index (κ1) is 15.0. The number of esters is 1. The van der Waals surface area contributed by atoms with Gasteiger partial charge in [0.2, 0.25) is 0 Å². The van der Waals surface area contributed by atoms with Crippen molar-refractivity contribution in [3.05, 3.63) is 12.2 Å². The van der Waals surface area contributed by atoms with Gasteiger partial charge in [-0.3, -0.25) is 4.79 Å². The summed E-state index contributed by atoms with van der Waals surface area (Å²) in [6.07, 6.45) is -4.23. The molecule has 0 rings (SSSR count). The summed E-state index contributed by atoms with van der Waals surface area (Å²) in [7, 11) is 1.35. The normalized spacial score (nSPS) is 9.69. The first-order valence-corrected chi connectivity index (χ1v) is 4.23. The molecule has 78 valence electrons. The number of hydrogen-bond acceptors (Lipinski definition) is 2. The maximum Gasteiger partial charge on any atom is 0.412 e. The zero-order valence-electron chi connectivity index (χ0n) is 7.24. The molecular weight excluding hydrogens is 253 g/mol. The Morgan fingerprint density at radius 1 is 1.54 bits per heavy atom. The highest BCUT2D eigenvalue weighted by molar-refractivity contribution is 9.09. The van der Waals surface area contributed by atoms with Gasteiger partial charge >= 0.3 is 12.1 Å². The number of hydrogen-bond donors (Lipinski definition) is 0. The van der Waals surface area contributed by atoms with Crippen LogP contribution in [0.3, 0.4) is 0 Å². The van der Waals surface area contributed by atoms with Crippen molar-refractivity contribution >= 4 is 21.9 Å². The third-order valence-corrected chi connectivity index (χ3v) is 1.53. The summed E-state index contributed by atoms with van der Waals surface area (Å²) in [5.74, 6) is -0.245. The molecule has 13 heavy (non-hydrogen) atoms. The van der Waals surface area contributed by atoms with E-state index >= 15 is 0 Å². The summed E-state index contributed by atoms with van der Waals surface area (Å²) < 4.78 is 38.1. The number of rotatable bonds is 1. The van der Waals surface area contributed by atoms with Gasteiger partial charge < -0.3 is 4.74 Å². The molecule has 0 aromatic carbocycles. The van der Waals surface area contributed by atoms with Crippen molar-refractivity contribution in [2.24, 2.45) is 0 Å². The minimum Gasteiger partial charge on any atom is -0.469 e. The van der Waals surface area contributed by atoms with Gasteiger partial charge in [0.05, 0.1) is 7.11 Å². The minimum absolute atomic E-state index is 0.212. The molecule has 0 heterocycles. The van der Waals surface area contributed by atoms with Crippen LogP contribution in [0.5, 0.6) is 0 Å². The van der Waals surface area contributed by atoms with Crippen LogP contribution in [0.2, 0.25) is 0 Å². The number of alkyl halides is 4. The van der Waals surface area contributed by atoms with Crippen LogP contribution in [0.25, 0.3) is 0 Å². The summed E-state index contributed by atoms with van der Waals surface area (Å²) in [5.41, 5.74) is -0.752. The summed E-state index contributed by atoms with van der Waals surface area (Å²) in [6, 6.07) is 0. The lowest BCUT2D eigenvalue weighted by Crippen LogP contribution is -2.11. The van der Waals surface area contributed by atoms with E-state index in [1.165, 1.54) is 14.0 Å². The number of halogens is 4. The van der Waals surface area contributed by atoms with Crippen LogP contribution < -0.4 is 0 Å². The Kier molecular flexibility index (Phi) is 7.99. The monoisotopic (exact) mass is 262 g/mol. The van der Waals surface area contributed by atoms with Gasteiger partial charge in [0.25, 0.3) is 0 Å². The molecule has 0 aliphatic heterocycles. The topological polar surface area (TPSA) is 26.3 Å². The molecule has 0 bridgehead atoms.